The molecular weight excluding hydrogens is 186 g/mol. The van der Waals surface area contributed by atoms with Gasteiger partial charge in [0.2, 0.25) is 10.4 Å². The lowest BCUT2D eigenvalue weighted by atomic mass is 10.5. The number of nitrogens with one attached hydrogen (secondary N) is 1. The second kappa shape index (κ2) is 4.58. The molecule has 4 nitrogen and oxygen atoms in total. The number of aromatic nitrogens is 3. The first-order chi connectivity index (χ1) is 5.33. The van der Waals surface area contributed by atoms with Gasteiger partial charge in [-0.3, -0.25) is 0 Å². The monoisotopic (exact) mass is 193 g/mol. The topological polar surface area (TPSA) is 61.8 Å². The molecule has 0 aliphatic carbocycles. The van der Waals surface area contributed by atoms with Gasteiger partial charge in [0, 0.05) is 12.4 Å². The molecule has 0 aliphatic rings. The summed E-state index contributed by atoms with van der Waals surface area (Å²) >= 11 is 6.95. The largest absolute Gasteiger partial charge is 0.396 e. The first kappa shape index (κ1) is 8.83. The van der Waals surface area contributed by atoms with E-state index in [9.17, 15) is 0 Å². The molecule has 0 saturated carbocycles. The van der Waals surface area contributed by atoms with E-state index in [1.54, 1.807) is 0 Å². The fraction of sp³-hybridized carbons (Fsp3) is 0.600. The summed E-state index contributed by atoms with van der Waals surface area (Å²) in [7, 11) is 0. The van der Waals surface area contributed by atoms with Crippen molar-refractivity contribution in [3.05, 3.63) is 5.28 Å². The molecule has 62 valence electrons. The zero-order valence-corrected chi connectivity index (χ0v) is 7.32. The second-order valence-electron chi connectivity index (χ2n) is 1.83. The van der Waals surface area contributed by atoms with Crippen LogP contribution in [0.15, 0.2) is 5.16 Å². The summed E-state index contributed by atoms with van der Waals surface area (Å²) in [5, 5.41) is 15.7. The third-order valence-corrected chi connectivity index (χ3v) is 2.07. The zero-order chi connectivity index (χ0) is 8.10. The highest BCUT2D eigenvalue weighted by Gasteiger charge is 1.99. The van der Waals surface area contributed by atoms with Crippen LogP contribution >= 0.6 is 23.4 Å². The Bertz CT molecular complexity index is 217. The maximum Gasteiger partial charge on any atom is 0.219 e. The van der Waals surface area contributed by atoms with Crippen molar-refractivity contribution in [2.75, 3.05) is 12.4 Å². The predicted octanol–water partition coefficient (Wildman–Crippen LogP) is 0.933. The molecule has 0 spiro atoms. The maximum atomic E-state index is 8.46. The molecule has 1 aromatic heterocycles. The van der Waals surface area contributed by atoms with E-state index in [-0.39, 0.29) is 6.61 Å². The first-order valence-corrected chi connectivity index (χ1v) is 4.51. The summed E-state index contributed by atoms with van der Waals surface area (Å²) in [6.07, 6.45) is 0.747. The van der Waals surface area contributed by atoms with Crippen molar-refractivity contribution in [2.45, 2.75) is 11.6 Å². The fourth-order valence-electron chi connectivity index (χ4n) is 0.520. The average Bonchev–Trinajstić information content (AvgIpc) is 2.37. The van der Waals surface area contributed by atoms with Gasteiger partial charge in [0.1, 0.15) is 0 Å². The van der Waals surface area contributed by atoms with Crippen LogP contribution in [0.25, 0.3) is 0 Å². The molecule has 2 N–H and O–H groups in total. The number of aromatic amines is 1. The molecule has 0 atom stereocenters. The van der Waals surface area contributed by atoms with E-state index in [1.165, 1.54) is 11.8 Å². The fourth-order valence-corrected chi connectivity index (χ4v) is 1.41. The highest BCUT2D eigenvalue weighted by Crippen LogP contribution is 2.14. The third kappa shape index (κ3) is 3.09. The van der Waals surface area contributed by atoms with Gasteiger partial charge in [0.25, 0.3) is 0 Å². The number of nitrogens with zero attached hydrogens (tertiary/aromatic N) is 2. The van der Waals surface area contributed by atoms with Crippen LogP contribution in [0.3, 0.4) is 0 Å². The van der Waals surface area contributed by atoms with E-state index >= 15 is 0 Å². The Balaban J connectivity index is 2.27. The number of hydrogen-bond donors (Lipinski definition) is 2. The summed E-state index contributed by atoms with van der Waals surface area (Å²) in [6, 6.07) is 0. The van der Waals surface area contributed by atoms with Gasteiger partial charge in [-0.15, -0.1) is 5.10 Å². The highest BCUT2D eigenvalue weighted by molar-refractivity contribution is 7.99. The quantitative estimate of drug-likeness (QED) is 0.552. The van der Waals surface area contributed by atoms with Crippen molar-refractivity contribution in [1.29, 1.82) is 0 Å². The van der Waals surface area contributed by atoms with Crippen LogP contribution < -0.4 is 0 Å². The molecule has 1 heterocycles. The lowest BCUT2D eigenvalue weighted by molar-refractivity contribution is 0.296. The van der Waals surface area contributed by atoms with E-state index in [2.05, 4.69) is 15.2 Å². The molecule has 6 heteroatoms. The molecule has 1 rings (SSSR count). The molecule has 0 fully saturated rings. The molecule has 0 bridgehead atoms. The summed E-state index contributed by atoms with van der Waals surface area (Å²) < 4.78 is 0. The van der Waals surface area contributed by atoms with Crippen LogP contribution in [0.5, 0.6) is 0 Å². The minimum absolute atomic E-state index is 0.200. The number of aliphatic hydroxyl groups is 1. The molecule has 1 aromatic rings. The van der Waals surface area contributed by atoms with Gasteiger partial charge in [-0.1, -0.05) is 11.8 Å². The highest BCUT2D eigenvalue weighted by atomic mass is 35.5. The standard InChI is InChI=1S/C5H8ClN3OS/c6-4-7-5(9-8-4)11-3-1-2-10/h10H,1-3H2,(H,7,8,9). The van der Waals surface area contributed by atoms with Crippen LogP contribution in [0.1, 0.15) is 6.42 Å². The summed E-state index contributed by atoms with van der Waals surface area (Å²) in [5.74, 6) is 0.810. The number of hydrogen-bond acceptors (Lipinski definition) is 4. The van der Waals surface area contributed by atoms with E-state index in [4.69, 9.17) is 16.7 Å². The van der Waals surface area contributed by atoms with Crippen LogP contribution in [0, 0.1) is 0 Å². The van der Waals surface area contributed by atoms with Crippen LogP contribution in [-0.2, 0) is 0 Å². The van der Waals surface area contributed by atoms with Crippen LogP contribution in [0.4, 0.5) is 0 Å². The number of aliphatic hydroxyl groups excluding tert-OH is 1. The van der Waals surface area contributed by atoms with Gasteiger partial charge in [-0.05, 0) is 18.0 Å². The average molecular weight is 194 g/mol. The molecule has 0 saturated heterocycles. The second-order valence-corrected chi connectivity index (χ2v) is 3.25. The summed E-state index contributed by atoms with van der Waals surface area (Å²) in [5.41, 5.74) is 0. The van der Waals surface area contributed by atoms with E-state index in [0.29, 0.717) is 10.4 Å². The first-order valence-electron chi connectivity index (χ1n) is 3.14. The summed E-state index contributed by atoms with van der Waals surface area (Å²) in [6.45, 7) is 0.200. The van der Waals surface area contributed by atoms with E-state index in [0.717, 1.165) is 12.2 Å². The van der Waals surface area contributed by atoms with Crippen molar-refractivity contribution in [3.63, 3.8) is 0 Å². The number of H-pyrrole nitrogens is 1. The molecule has 0 aliphatic heterocycles. The van der Waals surface area contributed by atoms with Crippen LogP contribution in [-0.4, -0.2) is 32.6 Å². The van der Waals surface area contributed by atoms with Gasteiger partial charge >= 0.3 is 0 Å². The SMILES string of the molecule is OCCCSc1n[nH]c(Cl)n1. The summed E-state index contributed by atoms with van der Waals surface area (Å²) in [4.78, 5) is 3.86. The van der Waals surface area contributed by atoms with Crippen molar-refractivity contribution in [1.82, 2.24) is 15.2 Å². The Hall–Kier alpha value is -0.260. The molecule has 11 heavy (non-hydrogen) atoms. The van der Waals surface area contributed by atoms with Gasteiger partial charge in [0.05, 0.1) is 0 Å². The number of thioether (sulfide) groups is 1. The smallest absolute Gasteiger partial charge is 0.219 e. The molecule has 0 amide bonds. The Morgan fingerprint density at radius 3 is 3.00 bits per heavy atom. The lowest BCUT2D eigenvalue weighted by Gasteiger charge is -1.91. The van der Waals surface area contributed by atoms with Crippen molar-refractivity contribution < 1.29 is 5.11 Å². The van der Waals surface area contributed by atoms with Gasteiger partial charge in [0.15, 0.2) is 0 Å². The molecule has 0 unspecified atom stereocenters. The predicted molar refractivity (Wildman–Crippen MR) is 43.8 cm³/mol. The lowest BCUT2D eigenvalue weighted by Crippen LogP contribution is -1.86. The molecule has 0 aromatic carbocycles. The van der Waals surface area contributed by atoms with Gasteiger partial charge in [-0.25, -0.2) is 5.10 Å². The van der Waals surface area contributed by atoms with E-state index < -0.39 is 0 Å². The Morgan fingerprint density at radius 1 is 1.64 bits per heavy atom. The van der Waals surface area contributed by atoms with Gasteiger partial charge in [-0.2, -0.15) is 4.98 Å². The van der Waals surface area contributed by atoms with Crippen molar-refractivity contribution in [2.24, 2.45) is 0 Å². The van der Waals surface area contributed by atoms with Gasteiger partial charge < -0.3 is 5.11 Å². The van der Waals surface area contributed by atoms with Crippen molar-refractivity contribution in [3.8, 4) is 0 Å². The normalized spacial score (nSPS) is 10.4. The minimum Gasteiger partial charge on any atom is -0.396 e. The molecular formula is C5H8ClN3OS. The maximum absolute atomic E-state index is 8.46. The number of halogens is 1. The number of rotatable bonds is 4. The van der Waals surface area contributed by atoms with Crippen molar-refractivity contribution >= 4 is 23.4 Å². The Labute approximate surface area is 73.4 Å². The van der Waals surface area contributed by atoms with E-state index in [1.807, 2.05) is 0 Å². The Morgan fingerprint density at radius 2 is 2.45 bits per heavy atom. The zero-order valence-electron chi connectivity index (χ0n) is 5.75. The van der Waals surface area contributed by atoms with Crippen LogP contribution in [0.2, 0.25) is 5.28 Å². The minimum atomic E-state index is 0.200. The Kier molecular flexibility index (Phi) is 3.68. The molecule has 0 radical (unpaired) electrons. The third-order valence-electron chi connectivity index (χ3n) is 0.971.